The van der Waals surface area contributed by atoms with Crippen LogP contribution in [0.2, 0.25) is 5.02 Å². The van der Waals surface area contributed by atoms with Crippen molar-refractivity contribution in [3.05, 3.63) is 40.2 Å². The van der Waals surface area contributed by atoms with Gasteiger partial charge >= 0.3 is 0 Å². The van der Waals surface area contributed by atoms with Crippen LogP contribution in [-0.4, -0.2) is 15.7 Å². The van der Waals surface area contributed by atoms with Gasteiger partial charge in [0.25, 0.3) is 0 Å². The lowest BCUT2D eigenvalue weighted by atomic mass is 10.0. The average molecular weight is 305 g/mol. The summed E-state index contributed by atoms with van der Waals surface area (Å²) in [6.07, 6.45) is 1.22. The molecular formula is C15H17ClN4O. The van der Waals surface area contributed by atoms with Crippen LogP contribution in [0.5, 0.6) is 0 Å². The summed E-state index contributed by atoms with van der Waals surface area (Å²) in [6.45, 7) is 2.28. The van der Waals surface area contributed by atoms with Crippen LogP contribution in [0.15, 0.2) is 18.2 Å². The van der Waals surface area contributed by atoms with E-state index in [4.69, 9.17) is 17.3 Å². The van der Waals surface area contributed by atoms with Gasteiger partial charge < -0.3 is 10.6 Å². The monoisotopic (exact) mass is 304 g/mol. The third-order valence-electron chi connectivity index (χ3n) is 3.87. The van der Waals surface area contributed by atoms with Crippen LogP contribution in [0.3, 0.4) is 0 Å². The maximum Gasteiger partial charge on any atom is 0.227 e. The predicted molar refractivity (Wildman–Crippen MR) is 83.3 cm³/mol. The fraction of sp³-hybridized carbons (Fsp3) is 0.333. The first-order valence-corrected chi connectivity index (χ1v) is 7.22. The lowest BCUT2D eigenvalue weighted by Crippen LogP contribution is -2.35. The fourth-order valence-electron chi connectivity index (χ4n) is 2.75. The number of fused-ring (bicyclic) bond motifs is 1. The lowest BCUT2D eigenvalue weighted by Gasteiger charge is -2.29. The molecule has 3 rings (SSSR count). The molecule has 0 saturated heterocycles. The molecule has 0 fully saturated rings. The van der Waals surface area contributed by atoms with Crippen molar-refractivity contribution in [2.24, 2.45) is 7.05 Å². The van der Waals surface area contributed by atoms with E-state index in [0.717, 1.165) is 34.7 Å². The summed E-state index contributed by atoms with van der Waals surface area (Å²) >= 11 is 6.29. The second-order valence-corrected chi connectivity index (χ2v) is 5.72. The van der Waals surface area contributed by atoms with Crippen LogP contribution in [0, 0.1) is 6.92 Å². The Hall–Kier alpha value is -2.01. The number of nitrogens with zero attached hydrogens (tertiary/aromatic N) is 3. The van der Waals surface area contributed by atoms with E-state index >= 15 is 0 Å². The van der Waals surface area contributed by atoms with Crippen LogP contribution in [0.25, 0.3) is 0 Å². The molecule has 1 aromatic heterocycles. The number of rotatable bonds is 2. The van der Waals surface area contributed by atoms with Crippen molar-refractivity contribution in [2.75, 3.05) is 10.6 Å². The number of nitrogens with two attached hydrogens (primary N) is 1. The highest BCUT2D eigenvalue weighted by Gasteiger charge is 2.26. The highest BCUT2D eigenvalue weighted by atomic mass is 35.5. The number of carbonyl (C=O) groups is 1. The first kappa shape index (κ1) is 13.9. The first-order chi connectivity index (χ1) is 9.97. The zero-order valence-electron chi connectivity index (χ0n) is 12.1. The van der Waals surface area contributed by atoms with Gasteiger partial charge in [0.05, 0.1) is 23.0 Å². The molecule has 0 aliphatic carbocycles. The fourth-order valence-corrected chi connectivity index (χ4v) is 2.97. The summed E-state index contributed by atoms with van der Waals surface area (Å²) in [5, 5.41) is 4.92. The van der Waals surface area contributed by atoms with E-state index in [1.807, 2.05) is 32.2 Å². The summed E-state index contributed by atoms with van der Waals surface area (Å²) in [6, 6.07) is 5.66. The van der Waals surface area contributed by atoms with Gasteiger partial charge in [0.2, 0.25) is 5.91 Å². The van der Waals surface area contributed by atoms with E-state index in [1.54, 1.807) is 9.58 Å². The van der Waals surface area contributed by atoms with Crippen molar-refractivity contribution in [3.63, 3.8) is 0 Å². The van der Waals surface area contributed by atoms with Gasteiger partial charge in [-0.05, 0) is 37.1 Å². The molecule has 6 heteroatoms. The number of nitrogen functional groups attached to an aromatic ring is 1. The van der Waals surface area contributed by atoms with Gasteiger partial charge in [-0.3, -0.25) is 9.48 Å². The molecule has 21 heavy (non-hydrogen) atoms. The molecule has 5 nitrogen and oxygen atoms in total. The Morgan fingerprint density at radius 1 is 1.38 bits per heavy atom. The molecule has 0 atom stereocenters. The molecule has 1 aliphatic rings. The van der Waals surface area contributed by atoms with E-state index < -0.39 is 0 Å². The largest absolute Gasteiger partial charge is 0.399 e. The highest BCUT2D eigenvalue weighted by Crippen LogP contribution is 2.32. The summed E-state index contributed by atoms with van der Waals surface area (Å²) in [4.78, 5) is 14.1. The molecule has 2 N–H and O–H groups in total. The Labute approximate surface area is 128 Å². The van der Waals surface area contributed by atoms with E-state index in [9.17, 15) is 4.79 Å². The third-order valence-corrected chi connectivity index (χ3v) is 4.36. The summed E-state index contributed by atoms with van der Waals surface area (Å²) in [7, 11) is 1.84. The molecular weight excluding hydrogens is 288 g/mol. The molecule has 0 unspecified atom stereocenters. The van der Waals surface area contributed by atoms with Gasteiger partial charge in [-0.2, -0.15) is 5.10 Å². The number of aromatic nitrogens is 2. The summed E-state index contributed by atoms with van der Waals surface area (Å²) < 4.78 is 1.73. The number of amides is 1. The quantitative estimate of drug-likeness (QED) is 0.867. The van der Waals surface area contributed by atoms with Gasteiger partial charge in [0.1, 0.15) is 0 Å². The normalized spacial score (nSPS) is 14.4. The van der Waals surface area contributed by atoms with Crippen molar-refractivity contribution in [2.45, 2.75) is 26.3 Å². The average Bonchev–Trinajstić information content (AvgIpc) is 2.68. The second kappa shape index (κ2) is 5.07. The second-order valence-electron chi connectivity index (χ2n) is 5.34. The minimum absolute atomic E-state index is 0.0993. The molecule has 110 valence electrons. The van der Waals surface area contributed by atoms with Crippen molar-refractivity contribution >= 4 is 28.9 Å². The minimum Gasteiger partial charge on any atom is -0.399 e. The predicted octanol–water partition coefficient (Wildman–Crippen LogP) is 2.44. The molecule has 1 aliphatic heterocycles. The van der Waals surface area contributed by atoms with Crippen molar-refractivity contribution in [1.29, 1.82) is 0 Å². The molecule has 2 heterocycles. The number of carbonyl (C=O) groups excluding carboxylic acids is 1. The Morgan fingerprint density at radius 3 is 2.81 bits per heavy atom. The van der Waals surface area contributed by atoms with Gasteiger partial charge in [-0.1, -0.05) is 11.6 Å². The van der Waals surface area contributed by atoms with E-state index in [2.05, 4.69) is 5.10 Å². The van der Waals surface area contributed by atoms with Crippen molar-refractivity contribution in [1.82, 2.24) is 9.78 Å². The van der Waals surface area contributed by atoms with Crippen LogP contribution in [0.4, 0.5) is 11.4 Å². The molecule has 2 aromatic rings. The maximum atomic E-state index is 12.3. The van der Waals surface area contributed by atoms with Gasteiger partial charge in [-0.25, -0.2) is 0 Å². The topological polar surface area (TPSA) is 64.2 Å². The molecule has 1 aromatic carbocycles. The Morgan fingerprint density at radius 2 is 2.14 bits per heavy atom. The minimum atomic E-state index is 0.0993. The maximum absolute atomic E-state index is 12.3. The zero-order chi connectivity index (χ0) is 15.1. The number of benzene rings is 1. The summed E-state index contributed by atoms with van der Waals surface area (Å²) in [5.74, 6) is 0.0993. The van der Waals surface area contributed by atoms with Crippen molar-refractivity contribution < 1.29 is 4.79 Å². The van der Waals surface area contributed by atoms with Gasteiger partial charge in [0, 0.05) is 24.8 Å². The number of hydrogen-bond donors (Lipinski definition) is 1. The molecule has 0 bridgehead atoms. The molecule has 1 amide bonds. The number of aryl methyl sites for hydroxylation is 3. The molecule has 0 spiro atoms. The standard InChI is InChI=1S/C15H17ClN4O/c1-9-15(16)13(19(2)18-9)8-20-12-5-4-11(17)7-10(12)3-6-14(20)21/h4-5,7H,3,6,8,17H2,1-2H3. The smallest absolute Gasteiger partial charge is 0.227 e. The van der Waals surface area contributed by atoms with Crippen LogP contribution in [-0.2, 0) is 24.8 Å². The number of halogens is 1. The van der Waals surface area contributed by atoms with Gasteiger partial charge in [-0.15, -0.1) is 0 Å². The Balaban J connectivity index is 2.01. The van der Waals surface area contributed by atoms with E-state index in [0.29, 0.717) is 18.0 Å². The zero-order valence-corrected chi connectivity index (χ0v) is 12.8. The van der Waals surface area contributed by atoms with E-state index in [1.165, 1.54) is 0 Å². The number of anilines is 2. The Bertz CT molecular complexity index is 723. The van der Waals surface area contributed by atoms with E-state index in [-0.39, 0.29) is 5.91 Å². The lowest BCUT2D eigenvalue weighted by molar-refractivity contribution is -0.119. The van der Waals surface area contributed by atoms with Crippen LogP contribution >= 0.6 is 11.6 Å². The SMILES string of the molecule is Cc1nn(C)c(CN2C(=O)CCc3cc(N)ccc32)c1Cl. The van der Waals surface area contributed by atoms with Crippen molar-refractivity contribution in [3.8, 4) is 0 Å². The summed E-state index contributed by atoms with van der Waals surface area (Å²) in [5.41, 5.74) is 10.2. The Kier molecular flexibility index (Phi) is 3.37. The van der Waals surface area contributed by atoms with Gasteiger partial charge in [0.15, 0.2) is 0 Å². The number of hydrogen-bond acceptors (Lipinski definition) is 3. The third kappa shape index (κ3) is 2.38. The molecule has 0 radical (unpaired) electrons. The first-order valence-electron chi connectivity index (χ1n) is 6.84. The highest BCUT2D eigenvalue weighted by molar-refractivity contribution is 6.31. The molecule has 0 saturated carbocycles. The van der Waals surface area contributed by atoms with Crippen LogP contribution in [0.1, 0.15) is 23.4 Å². The van der Waals surface area contributed by atoms with Crippen LogP contribution < -0.4 is 10.6 Å².